The summed E-state index contributed by atoms with van der Waals surface area (Å²) in [7, 11) is 2.04. The highest BCUT2D eigenvalue weighted by atomic mass is 16.3. The maximum Gasteiger partial charge on any atom is 0.134 e. The molecular formula is C25H29N3O. The van der Waals surface area contributed by atoms with Crippen LogP contribution in [0.15, 0.2) is 53.1 Å². The predicted octanol–water partition coefficient (Wildman–Crippen LogP) is 6.18. The van der Waals surface area contributed by atoms with E-state index in [1.807, 2.05) is 23.9 Å². The average molecular weight is 388 g/mol. The van der Waals surface area contributed by atoms with Crippen molar-refractivity contribution in [3.05, 3.63) is 71.2 Å². The van der Waals surface area contributed by atoms with Gasteiger partial charge in [-0.1, -0.05) is 36.8 Å². The minimum atomic E-state index is 0.738. The molecule has 0 N–H and O–H groups in total. The lowest BCUT2D eigenvalue weighted by Gasteiger charge is -2.23. The number of anilines is 1. The van der Waals surface area contributed by atoms with E-state index in [0.717, 1.165) is 36.6 Å². The lowest BCUT2D eigenvalue weighted by Crippen LogP contribution is -2.25. The highest BCUT2D eigenvalue weighted by Gasteiger charge is 2.20. The Hall–Kier alpha value is -3.01. The smallest absolute Gasteiger partial charge is 0.134 e. The third-order valence-electron chi connectivity index (χ3n) is 5.50. The molecule has 0 saturated heterocycles. The van der Waals surface area contributed by atoms with Crippen LogP contribution < -0.4 is 4.90 Å². The summed E-state index contributed by atoms with van der Waals surface area (Å²) in [5.74, 6) is 2.11. The van der Waals surface area contributed by atoms with Gasteiger partial charge in [0.2, 0.25) is 0 Å². The van der Waals surface area contributed by atoms with Crippen molar-refractivity contribution >= 4 is 16.7 Å². The SMILES string of the molecule is CCCN(Cc1ccco1)c1c2cccc(-c3c(C)cc(C)cc3C)c2nn1C. The Balaban J connectivity index is 1.88. The number of furan rings is 1. The van der Waals surface area contributed by atoms with E-state index in [4.69, 9.17) is 9.52 Å². The van der Waals surface area contributed by atoms with Gasteiger partial charge in [0.25, 0.3) is 0 Å². The van der Waals surface area contributed by atoms with Crippen LogP contribution in [0.2, 0.25) is 0 Å². The Bertz CT molecular complexity index is 1120. The molecule has 0 saturated carbocycles. The first-order valence-electron chi connectivity index (χ1n) is 10.3. The van der Waals surface area contributed by atoms with E-state index >= 15 is 0 Å². The summed E-state index contributed by atoms with van der Waals surface area (Å²) in [6, 6.07) is 15.0. The number of hydrogen-bond acceptors (Lipinski definition) is 3. The zero-order valence-corrected chi connectivity index (χ0v) is 18.0. The first-order valence-corrected chi connectivity index (χ1v) is 10.3. The second kappa shape index (κ2) is 7.78. The Morgan fingerprint density at radius 3 is 2.45 bits per heavy atom. The lowest BCUT2D eigenvalue weighted by molar-refractivity contribution is 0.499. The summed E-state index contributed by atoms with van der Waals surface area (Å²) in [4.78, 5) is 2.37. The maximum absolute atomic E-state index is 5.62. The van der Waals surface area contributed by atoms with Crippen LogP contribution in [0.3, 0.4) is 0 Å². The maximum atomic E-state index is 5.62. The Kier molecular flexibility index (Phi) is 5.18. The average Bonchev–Trinajstić information content (AvgIpc) is 3.28. The molecule has 0 aliphatic carbocycles. The van der Waals surface area contributed by atoms with Crippen molar-refractivity contribution in [1.29, 1.82) is 0 Å². The highest BCUT2D eigenvalue weighted by Crippen LogP contribution is 2.37. The van der Waals surface area contributed by atoms with Crippen LogP contribution in [0.25, 0.3) is 22.0 Å². The first-order chi connectivity index (χ1) is 14.0. The van der Waals surface area contributed by atoms with Gasteiger partial charge in [-0.25, -0.2) is 0 Å². The largest absolute Gasteiger partial charge is 0.467 e. The molecule has 0 unspecified atom stereocenters. The van der Waals surface area contributed by atoms with Gasteiger partial charge in [0.05, 0.1) is 12.8 Å². The molecule has 2 aromatic carbocycles. The fraction of sp³-hybridized carbons (Fsp3) is 0.320. The van der Waals surface area contributed by atoms with Gasteiger partial charge in [-0.05, 0) is 62.1 Å². The van der Waals surface area contributed by atoms with Crippen molar-refractivity contribution in [2.24, 2.45) is 7.05 Å². The molecule has 150 valence electrons. The van der Waals surface area contributed by atoms with Gasteiger partial charge in [-0.3, -0.25) is 4.68 Å². The van der Waals surface area contributed by atoms with Gasteiger partial charge in [0, 0.05) is 24.5 Å². The molecule has 2 heterocycles. The Labute approximate surface area is 172 Å². The molecule has 0 bridgehead atoms. The molecule has 0 aliphatic heterocycles. The van der Waals surface area contributed by atoms with E-state index in [-0.39, 0.29) is 0 Å². The van der Waals surface area contributed by atoms with E-state index in [0.29, 0.717) is 0 Å². The van der Waals surface area contributed by atoms with Gasteiger partial charge in [-0.2, -0.15) is 5.10 Å². The van der Waals surface area contributed by atoms with Crippen LogP contribution in [0.4, 0.5) is 5.82 Å². The van der Waals surface area contributed by atoms with Gasteiger partial charge >= 0.3 is 0 Å². The van der Waals surface area contributed by atoms with E-state index in [1.165, 1.54) is 33.2 Å². The van der Waals surface area contributed by atoms with Crippen LogP contribution in [0.1, 0.15) is 35.8 Å². The summed E-state index contributed by atoms with van der Waals surface area (Å²) >= 11 is 0. The molecular weight excluding hydrogens is 358 g/mol. The van der Waals surface area contributed by atoms with Gasteiger partial charge < -0.3 is 9.32 Å². The molecule has 4 nitrogen and oxygen atoms in total. The van der Waals surface area contributed by atoms with Crippen molar-refractivity contribution in [3.8, 4) is 11.1 Å². The van der Waals surface area contributed by atoms with Gasteiger partial charge in [0.15, 0.2) is 0 Å². The molecule has 4 heteroatoms. The fourth-order valence-electron chi connectivity index (χ4n) is 4.51. The third kappa shape index (κ3) is 3.55. The van der Waals surface area contributed by atoms with Crippen LogP contribution in [-0.2, 0) is 13.6 Å². The fourth-order valence-corrected chi connectivity index (χ4v) is 4.51. The number of aryl methyl sites for hydroxylation is 4. The van der Waals surface area contributed by atoms with Crippen molar-refractivity contribution in [3.63, 3.8) is 0 Å². The van der Waals surface area contributed by atoms with Gasteiger partial charge in [0.1, 0.15) is 17.1 Å². The second-order valence-corrected chi connectivity index (χ2v) is 7.92. The standard InChI is InChI=1S/C25H29N3O/c1-6-12-28(16-20-9-8-13-29-20)25-22-11-7-10-21(24(22)26-27(25)5)23-18(3)14-17(2)15-19(23)4/h7-11,13-15H,6,12,16H2,1-5H3. The quantitative estimate of drug-likeness (QED) is 0.396. The van der Waals surface area contributed by atoms with Crippen LogP contribution in [0.5, 0.6) is 0 Å². The molecule has 0 aliphatic rings. The zero-order valence-electron chi connectivity index (χ0n) is 18.0. The molecule has 0 spiro atoms. The number of fused-ring (bicyclic) bond motifs is 1. The van der Waals surface area contributed by atoms with E-state index < -0.39 is 0 Å². The van der Waals surface area contributed by atoms with E-state index in [2.05, 4.69) is 62.9 Å². The highest BCUT2D eigenvalue weighted by molar-refractivity contribution is 6.01. The zero-order chi connectivity index (χ0) is 20.5. The van der Waals surface area contributed by atoms with Gasteiger partial charge in [-0.15, -0.1) is 0 Å². The lowest BCUT2D eigenvalue weighted by atomic mass is 9.92. The third-order valence-corrected chi connectivity index (χ3v) is 5.50. The minimum absolute atomic E-state index is 0.738. The van der Waals surface area contributed by atoms with Crippen molar-refractivity contribution in [2.45, 2.75) is 40.7 Å². The number of benzene rings is 2. The number of hydrogen-bond donors (Lipinski definition) is 0. The van der Waals surface area contributed by atoms with Crippen molar-refractivity contribution in [2.75, 3.05) is 11.4 Å². The second-order valence-electron chi connectivity index (χ2n) is 7.92. The van der Waals surface area contributed by atoms with Crippen molar-refractivity contribution < 1.29 is 4.42 Å². The summed E-state index contributed by atoms with van der Waals surface area (Å²) < 4.78 is 7.64. The summed E-state index contributed by atoms with van der Waals surface area (Å²) in [6.45, 7) is 10.4. The Morgan fingerprint density at radius 1 is 1.03 bits per heavy atom. The molecule has 29 heavy (non-hydrogen) atoms. The molecule has 2 aromatic heterocycles. The van der Waals surface area contributed by atoms with Crippen LogP contribution in [0, 0.1) is 20.8 Å². The predicted molar refractivity (Wildman–Crippen MR) is 120 cm³/mol. The Morgan fingerprint density at radius 2 is 1.79 bits per heavy atom. The molecule has 0 radical (unpaired) electrons. The minimum Gasteiger partial charge on any atom is -0.467 e. The molecule has 4 rings (SSSR count). The summed E-state index contributed by atoms with van der Waals surface area (Å²) in [5, 5.41) is 6.16. The molecule has 0 fully saturated rings. The van der Waals surface area contributed by atoms with Crippen molar-refractivity contribution in [1.82, 2.24) is 9.78 Å². The molecule has 0 amide bonds. The summed E-state index contributed by atoms with van der Waals surface area (Å²) in [6.07, 6.45) is 2.80. The number of aromatic nitrogens is 2. The monoisotopic (exact) mass is 387 g/mol. The number of rotatable bonds is 6. The normalized spacial score (nSPS) is 11.3. The number of nitrogens with zero attached hydrogens (tertiary/aromatic N) is 3. The topological polar surface area (TPSA) is 34.2 Å². The van der Waals surface area contributed by atoms with Crippen LogP contribution in [-0.4, -0.2) is 16.3 Å². The molecule has 0 atom stereocenters. The summed E-state index contributed by atoms with van der Waals surface area (Å²) in [5.41, 5.74) is 7.44. The van der Waals surface area contributed by atoms with E-state index in [1.54, 1.807) is 6.26 Å². The van der Waals surface area contributed by atoms with Crippen LogP contribution >= 0.6 is 0 Å². The van der Waals surface area contributed by atoms with E-state index in [9.17, 15) is 0 Å². The first kappa shape index (κ1) is 19.3. The molecule has 4 aromatic rings.